The van der Waals surface area contributed by atoms with Crippen molar-refractivity contribution in [1.29, 1.82) is 0 Å². The van der Waals surface area contributed by atoms with Gasteiger partial charge in [0.05, 0.1) is 26.4 Å². The van der Waals surface area contributed by atoms with Crippen molar-refractivity contribution in [3.8, 4) is 0 Å². The van der Waals surface area contributed by atoms with Gasteiger partial charge in [0.1, 0.15) is 19.3 Å². The van der Waals surface area contributed by atoms with E-state index in [9.17, 15) is 43.2 Å². The highest BCUT2D eigenvalue weighted by Crippen LogP contribution is 2.45. The molecule has 0 aromatic rings. The highest BCUT2D eigenvalue weighted by Gasteiger charge is 2.30. The maximum absolute atomic E-state index is 13.1. The molecule has 0 aliphatic carbocycles. The quantitative estimate of drug-likeness (QED) is 0.0222. The van der Waals surface area contributed by atoms with Crippen LogP contribution in [0.5, 0.6) is 0 Å². The van der Waals surface area contributed by atoms with Crippen LogP contribution in [0.3, 0.4) is 0 Å². The highest BCUT2D eigenvalue weighted by molar-refractivity contribution is 7.47. The number of carbonyl (C=O) groups is 4. The smallest absolute Gasteiger partial charge is 0.462 e. The first-order chi connectivity index (χ1) is 47.1. The Bertz CT molecular complexity index is 1920. The first-order valence-electron chi connectivity index (χ1n) is 40.7. The lowest BCUT2D eigenvalue weighted by Gasteiger charge is -2.21. The summed E-state index contributed by atoms with van der Waals surface area (Å²) in [6.45, 7) is 14.2. The maximum atomic E-state index is 13.1. The molecule has 0 fully saturated rings. The van der Waals surface area contributed by atoms with Crippen molar-refractivity contribution in [3.05, 3.63) is 0 Å². The molecule has 0 spiro atoms. The SMILES string of the molecule is CCC(C)CCCCCCCCC(=O)OC[C@H](COP(=O)(O)OC[C@H](O)COP(=O)(O)OC[C@@H](COC(=O)CCCCCCCCCCCCCCCCCC(C)C)OC(=O)CCCCCCCCCCCC(C)C)OC(=O)CCCCCCCCCCCCCCCCCC(C)C. The molecule has 0 aromatic heterocycles. The average molecular weight is 1440 g/mol. The van der Waals surface area contributed by atoms with E-state index in [0.29, 0.717) is 25.7 Å². The van der Waals surface area contributed by atoms with E-state index in [1.54, 1.807) is 0 Å². The van der Waals surface area contributed by atoms with E-state index in [-0.39, 0.29) is 25.7 Å². The van der Waals surface area contributed by atoms with Gasteiger partial charge in [0.2, 0.25) is 0 Å². The van der Waals surface area contributed by atoms with Crippen molar-refractivity contribution in [2.24, 2.45) is 23.7 Å². The van der Waals surface area contributed by atoms with Gasteiger partial charge in [-0.2, -0.15) is 0 Å². The number of aliphatic hydroxyl groups excluding tert-OH is 1. The van der Waals surface area contributed by atoms with E-state index >= 15 is 0 Å². The molecule has 17 nitrogen and oxygen atoms in total. The van der Waals surface area contributed by atoms with Crippen LogP contribution in [-0.4, -0.2) is 96.7 Å². The van der Waals surface area contributed by atoms with Gasteiger partial charge in [-0.15, -0.1) is 0 Å². The van der Waals surface area contributed by atoms with Crippen LogP contribution in [0.25, 0.3) is 0 Å². The molecule has 0 saturated carbocycles. The summed E-state index contributed by atoms with van der Waals surface area (Å²) in [5.41, 5.74) is 0. The van der Waals surface area contributed by atoms with Gasteiger partial charge >= 0.3 is 39.5 Å². The minimum absolute atomic E-state index is 0.105. The van der Waals surface area contributed by atoms with Crippen molar-refractivity contribution in [2.75, 3.05) is 39.6 Å². The molecular weight excluding hydrogens is 1280 g/mol. The third-order valence-electron chi connectivity index (χ3n) is 18.7. The van der Waals surface area contributed by atoms with Gasteiger partial charge < -0.3 is 33.8 Å². The number of phosphoric acid groups is 2. The first kappa shape index (κ1) is 96.1. The fourth-order valence-corrected chi connectivity index (χ4v) is 13.6. The predicted octanol–water partition coefficient (Wildman–Crippen LogP) is 23.2. The highest BCUT2D eigenvalue weighted by atomic mass is 31.2. The molecule has 0 amide bonds. The van der Waals surface area contributed by atoms with Crippen LogP contribution in [0.2, 0.25) is 0 Å². The summed E-state index contributed by atoms with van der Waals surface area (Å²) < 4.78 is 68.6. The zero-order chi connectivity index (χ0) is 72.4. The second-order valence-corrected chi connectivity index (χ2v) is 33.0. The zero-order valence-corrected chi connectivity index (χ0v) is 66.2. The largest absolute Gasteiger partial charge is 0.472 e. The number of hydrogen-bond donors (Lipinski definition) is 3. The van der Waals surface area contributed by atoms with E-state index in [1.165, 1.54) is 199 Å². The second-order valence-electron chi connectivity index (χ2n) is 30.1. The van der Waals surface area contributed by atoms with E-state index in [4.69, 9.17) is 37.0 Å². The Labute approximate surface area is 600 Å². The molecule has 0 heterocycles. The van der Waals surface area contributed by atoms with Crippen LogP contribution >= 0.6 is 15.6 Å². The Morgan fingerprint density at radius 2 is 0.490 bits per heavy atom. The third kappa shape index (κ3) is 71.1. The number of carbonyl (C=O) groups excluding carboxylic acids is 4. The van der Waals surface area contributed by atoms with Gasteiger partial charge in [-0.1, -0.05) is 351 Å². The Balaban J connectivity index is 5.21. The van der Waals surface area contributed by atoms with E-state index in [1.807, 2.05) is 0 Å². The summed E-state index contributed by atoms with van der Waals surface area (Å²) in [6, 6.07) is 0. The fraction of sp³-hybridized carbons (Fsp3) is 0.949. The van der Waals surface area contributed by atoms with E-state index < -0.39 is 97.5 Å². The topological polar surface area (TPSA) is 237 Å². The lowest BCUT2D eigenvalue weighted by molar-refractivity contribution is -0.161. The monoisotopic (exact) mass is 1440 g/mol. The van der Waals surface area contributed by atoms with Crippen molar-refractivity contribution < 1.29 is 80.2 Å². The van der Waals surface area contributed by atoms with Crippen LogP contribution in [-0.2, 0) is 65.4 Å². The third-order valence-corrected chi connectivity index (χ3v) is 20.6. The molecule has 0 aliphatic heterocycles. The molecule has 3 unspecified atom stereocenters. The number of phosphoric ester groups is 2. The van der Waals surface area contributed by atoms with Gasteiger partial charge in [0, 0.05) is 25.7 Å². The van der Waals surface area contributed by atoms with E-state index in [0.717, 1.165) is 120 Å². The Morgan fingerprint density at radius 1 is 0.286 bits per heavy atom. The molecule has 6 atom stereocenters. The average Bonchev–Trinajstić information content (AvgIpc) is 1.15. The fourth-order valence-electron chi connectivity index (χ4n) is 12.0. The standard InChI is InChI=1S/C79H154O17P2/c1-9-72(8)58-50-42-37-38-44-52-60-77(82)90-66-75(96-78(83)61-53-45-35-29-23-19-15-11-13-17-21-26-32-40-48-56-70(4)5)68-94-98(87,88)92-64-73(80)63-91-97(85,86)93-67-74(95-79(84)62-54-46-36-30-24-27-33-41-49-57-71(6)7)65-89-76(81)59-51-43-34-28-22-18-14-10-12-16-20-25-31-39-47-55-69(2)3/h69-75,80H,9-68H2,1-8H3,(H,85,86)(H,87,88)/t72?,73-,74-,75-/m1/s1. The summed E-state index contributed by atoms with van der Waals surface area (Å²) >= 11 is 0. The Kier molecular flexibility index (Phi) is 66.8. The number of unbranched alkanes of at least 4 members (excludes halogenated alkanes) is 41. The van der Waals surface area contributed by atoms with Crippen LogP contribution in [0, 0.1) is 23.7 Å². The molecule has 0 aliphatic rings. The van der Waals surface area contributed by atoms with Crippen LogP contribution in [0.1, 0.15) is 402 Å². The maximum Gasteiger partial charge on any atom is 0.472 e. The van der Waals surface area contributed by atoms with Crippen molar-refractivity contribution in [1.82, 2.24) is 0 Å². The minimum Gasteiger partial charge on any atom is -0.462 e. The molecular formula is C79H154O17P2. The first-order valence-corrected chi connectivity index (χ1v) is 43.7. The summed E-state index contributed by atoms with van der Waals surface area (Å²) in [5.74, 6) is 0.958. The van der Waals surface area contributed by atoms with Gasteiger partial charge in [0.25, 0.3) is 0 Å². The van der Waals surface area contributed by atoms with Gasteiger partial charge in [-0.25, -0.2) is 9.13 Å². The lowest BCUT2D eigenvalue weighted by Crippen LogP contribution is -2.30. The minimum atomic E-state index is -4.96. The summed E-state index contributed by atoms with van der Waals surface area (Å²) in [5, 5.41) is 10.6. The molecule has 19 heteroatoms. The second kappa shape index (κ2) is 68.2. The van der Waals surface area contributed by atoms with Crippen molar-refractivity contribution >= 4 is 39.5 Å². The van der Waals surface area contributed by atoms with Crippen molar-refractivity contribution in [3.63, 3.8) is 0 Å². The number of rotatable bonds is 76. The molecule has 0 radical (unpaired) electrons. The molecule has 0 saturated heterocycles. The lowest BCUT2D eigenvalue weighted by atomic mass is 10.00. The summed E-state index contributed by atoms with van der Waals surface area (Å²) in [7, 11) is -9.92. The number of ether oxygens (including phenoxy) is 4. The normalized spacial score (nSPS) is 14.3. The van der Waals surface area contributed by atoms with Gasteiger partial charge in [0.15, 0.2) is 12.2 Å². The molecule has 98 heavy (non-hydrogen) atoms. The number of esters is 4. The van der Waals surface area contributed by atoms with Crippen LogP contribution < -0.4 is 0 Å². The van der Waals surface area contributed by atoms with Crippen LogP contribution in [0.15, 0.2) is 0 Å². The Morgan fingerprint density at radius 3 is 0.724 bits per heavy atom. The van der Waals surface area contributed by atoms with E-state index in [2.05, 4.69) is 55.4 Å². The van der Waals surface area contributed by atoms with Gasteiger partial charge in [-0.3, -0.25) is 37.3 Å². The zero-order valence-electron chi connectivity index (χ0n) is 64.4. The molecule has 0 rings (SSSR count). The number of aliphatic hydroxyl groups is 1. The molecule has 0 aromatic carbocycles. The summed E-state index contributed by atoms with van der Waals surface area (Å²) in [4.78, 5) is 72.9. The van der Waals surface area contributed by atoms with Crippen molar-refractivity contribution in [2.45, 2.75) is 420 Å². The number of hydrogen-bond acceptors (Lipinski definition) is 15. The summed E-state index contributed by atoms with van der Waals surface area (Å²) in [6.07, 6.45) is 54.2. The molecule has 3 N–H and O–H groups in total. The Hall–Kier alpha value is -1.94. The van der Waals surface area contributed by atoms with Crippen LogP contribution in [0.4, 0.5) is 0 Å². The predicted molar refractivity (Wildman–Crippen MR) is 400 cm³/mol. The van der Waals surface area contributed by atoms with Gasteiger partial charge in [-0.05, 0) is 49.4 Å². The molecule has 0 bridgehead atoms. The molecule has 582 valence electrons.